The third-order valence-corrected chi connectivity index (χ3v) is 3.63. The molecule has 1 N–H and O–H groups in total. The van der Waals surface area contributed by atoms with Gasteiger partial charge in [-0.2, -0.15) is 0 Å². The van der Waals surface area contributed by atoms with Crippen LogP contribution in [0.4, 0.5) is 0 Å². The number of rotatable bonds is 3. The van der Waals surface area contributed by atoms with Crippen molar-refractivity contribution in [1.29, 1.82) is 0 Å². The van der Waals surface area contributed by atoms with Crippen molar-refractivity contribution in [2.24, 2.45) is 5.16 Å². The topological polar surface area (TPSA) is 58.9 Å². The van der Waals surface area contributed by atoms with E-state index in [4.69, 9.17) is 21.5 Å². The van der Waals surface area contributed by atoms with E-state index in [1.54, 1.807) is 0 Å². The smallest absolute Gasteiger partial charge is 0.325 e. The summed E-state index contributed by atoms with van der Waals surface area (Å²) in [5.74, 6) is 0.208. The summed E-state index contributed by atoms with van der Waals surface area (Å²) in [6.45, 7) is 2.31. The minimum atomic E-state index is -0.533. The molecule has 0 bridgehead atoms. The number of hydrogen-bond acceptors (Lipinski definition) is 5. The van der Waals surface area contributed by atoms with Gasteiger partial charge < -0.3 is 9.94 Å². The molecule has 0 spiro atoms. The number of carbonyl (C=O) groups excluding carboxylic acids is 1. The van der Waals surface area contributed by atoms with Gasteiger partial charge in [0, 0.05) is 5.75 Å². The molecule has 4 nitrogen and oxygen atoms in total. The van der Waals surface area contributed by atoms with Crippen LogP contribution in [0.2, 0.25) is 0 Å². The lowest BCUT2D eigenvalue weighted by Crippen LogP contribution is -2.29. The van der Waals surface area contributed by atoms with Crippen molar-refractivity contribution in [2.75, 3.05) is 12.4 Å². The highest BCUT2D eigenvalue weighted by atomic mass is 35.5. The summed E-state index contributed by atoms with van der Waals surface area (Å²) in [6, 6.07) is 0. The molecule has 0 aromatic rings. The van der Waals surface area contributed by atoms with Crippen molar-refractivity contribution < 1.29 is 14.7 Å². The highest BCUT2D eigenvalue weighted by molar-refractivity contribution is 8.02. The van der Waals surface area contributed by atoms with Gasteiger partial charge in [-0.3, -0.25) is 4.79 Å². The SMILES string of the molecule is CCCOC(=O)C1SCC(Cl)C1=NO. The molecule has 1 saturated heterocycles. The van der Waals surface area contributed by atoms with Gasteiger partial charge in [-0.05, 0) is 6.42 Å². The first-order chi connectivity index (χ1) is 6.70. The van der Waals surface area contributed by atoms with Gasteiger partial charge in [-0.1, -0.05) is 12.1 Å². The zero-order valence-electron chi connectivity index (χ0n) is 7.77. The van der Waals surface area contributed by atoms with E-state index in [0.717, 1.165) is 6.42 Å². The number of ether oxygens (including phenoxy) is 1. The van der Waals surface area contributed by atoms with Crippen LogP contribution < -0.4 is 0 Å². The van der Waals surface area contributed by atoms with Crippen LogP contribution in [0, 0.1) is 0 Å². The summed E-state index contributed by atoms with van der Waals surface area (Å²) in [6.07, 6.45) is 0.777. The fourth-order valence-corrected chi connectivity index (χ4v) is 2.68. The van der Waals surface area contributed by atoms with Crippen molar-refractivity contribution in [3.8, 4) is 0 Å². The second kappa shape index (κ2) is 5.46. The van der Waals surface area contributed by atoms with E-state index in [9.17, 15) is 4.79 Å². The largest absolute Gasteiger partial charge is 0.465 e. The maximum Gasteiger partial charge on any atom is 0.325 e. The van der Waals surface area contributed by atoms with Crippen LogP contribution in [0.5, 0.6) is 0 Å². The highest BCUT2D eigenvalue weighted by Gasteiger charge is 2.38. The lowest BCUT2D eigenvalue weighted by atomic mass is 10.2. The van der Waals surface area contributed by atoms with Crippen molar-refractivity contribution >= 4 is 35.0 Å². The minimum absolute atomic E-state index is 0.303. The average molecular weight is 238 g/mol. The summed E-state index contributed by atoms with van der Waals surface area (Å²) < 4.78 is 4.95. The number of hydrogen-bond donors (Lipinski definition) is 1. The lowest BCUT2D eigenvalue weighted by molar-refractivity contribution is -0.141. The van der Waals surface area contributed by atoms with Crippen LogP contribution in [-0.2, 0) is 9.53 Å². The summed E-state index contributed by atoms with van der Waals surface area (Å²) in [4.78, 5) is 11.4. The van der Waals surface area contributed by atoms with E-state index >= 15 is 0 Å². The molecule has 1 aliphatic rings. The molecule has 2 atom stereocenters. The monoisotopic (exact) mass is 237 g/mol. The molecular weight excluding hydrogens is 226 g/mol. The maximum absolute atomic E-state index is 11.4. The molecule has 1 aliphatic heterocycles. The van der Waals surface area contributed by atoms with Gasteiger partial charge in [-0.15, -0.1) is 23.4 Å². The highest BCUT2D eigenvalue weighted by Crippen LogP contribution is 2.29. The summed E-state index contributed by atoms with van der Waals surface area (Å²) in [7, 11) is 0. The second-order valence-electron chi connectivity index (χ2n) is 2.87. The molecule has 0 aliphatic carbocycles. The Morgan fingerprint density at radius 1 is 1.86 bits per heavy atom. The Hall–Kier alpha value is -0.420. The third-order valence-electron chi connectivity index (χ3n) is 1.78. The van der Waals surface area contributed by atoms with Crippen molar-refractivity contribution in [3.63, 3.8) is 0 Å². The first-order valence-corrected chi connectivity index (χ1v) is 5.83. The van der Waals surface area contributed by atoms with E-state index < -0.39 is 5.25 Å². The van der Waals surface area contributed by atoms with E-state index in [0.29, 0.717) is 18.1 Å². The predicted molar refractivity (Wildman–Crippen MR) is 56.4 cm³/mol. The Kier molecular flexibility index (Phi) is 4.54. The Bertz CT molecular complexity index is 247. The van der Waals surface area contributed by atoms with Crippen LogP contribution in [0.3, 0.4) is 0 Å². The van der Waals surface area contributed by atoms with Crippen LogP contribution in [0.1, 0.15) is 13.3 Å². The molecule has 0 amide bonds. The fraction of sp³-hybridized carbons (Fsp3) is 0.750. The fourth-order valence-electron chi connectivity index (χ4n) is 1.10. The number of nitrogens with zero attached hydrogens (tertiary/aromatic N) is 1. The molecular formula is C8H12ClNO3S. The second-order valence-corrected chi connectivity index (χ2v) is 4.54. The quantitative estimate of drug-likeness (QED) is 0.350. The average Bonchev–Trinajstić information content (AvgIpc) is 2.55. The molecule has 1 rings (SSSR count). The maximum atomic E-state index is 11.4. The molecule has 2 unspecified atom stereocenters. The van der Waals surface area contributed by atoms with Crippen molar-refractivity contribution in [1.82, 2.24) is 0 Å². The van der Waals surface area contributed by atoms with E-state index in [2.05, 4.69) is 5.16 Å². The first-order valence-electron chi connectivity index (χ1n) is 4.34. The van der Waals surface area contributed by atoms with Crippen molar-refractivity contribution in [3.05, 3.63) is 0 Å². The number of esters is 1. The van der Waals surface area contributed by atoms with Crippen LogP contribution in [-0.4, -0.2) is 39.9 Å². The molecule has 0 radical (unpaired) electrons. The molecule has 0 aromatic heterocycles. The van der Waals surface area contributed by atoms with Gasteiger partial charge >= 0.3 is 5.97 Å². The molecule has 1 heterocycles. The van der Waals surface area contributed by atoms with Gasteiger partial charge in [0.2, 0.25) is 0 Å². The zero-order valence-corrected chi connectivity index (χ0v) is 9.35. The Labute approximate surface area is 91.6 Å². The van der Waals surface area contributed by atoms with E-state index in [1.807, 2.05) is 6.92 Å². The predicted octanol–water partition coefficient (Wildman–Crippen LogP) is 1.49. The molecule has 0 aromatic carbocycles. The summed E-state index contributed by atoms with van der Waals surface area (Å²) in [5.41, 5.74) is 0.303. The van der Waals surface area contributed by atoms with Gasteiger partial charge in [0.05, 0.1) is 17.7 Å². The van der Waals surface area contributed by atoms with Gasteiger partial charge in [-0.25, -0.2) is 0 Å². The number of oxime groups is 1. The van der Waals surface area contributed by atoms with E-state index in [-0.39, 0.29) is 11.3 Å². The van der Waals surface area contributed by atoms with Crippen LogP contribution >= 0.6 is 23.4 Å². The number of carbonyl (C=O) groups is 1. The van der Waals surface area contributed by atoms with Crippen LogP contribution in [0.25, 0.3) is 0 Å². The lowest BCUT2D eigenvalue weighted by Gasteiger charge is -2.08. The first kappa shape index (κ1) is 11.7. The van der Waals surface area contributed by atoms with Crippen molar-refractivity contribution in [2.45, 2.75) is 24.0 Å². The third kappa shape index (κ3) is 2.54. The summed E-state index contributed by atoms with van der Waals surface area (Å²) >= 11 is 7.18. The van der Waals surface area contributed by atoms with Gasteiger partial charge in [0.15, 0.2) is 0 Å². The van der Waals surface area contributed by atoms with Gasteiger partial charge in [0.1, 0.15) is 5.25 Å². The molecule has 0 saturated carbocycles. The Morgan fingerprint density at radius 3 is 3.14 bits per heavy atom. The number of thioether (sulfide) groups is 1. The molecule has 6 heteroatoms. The standard InChI is InChI=1S/C8H12ClNO3S/c1-2-3-13-8(11)7-6(10-12)5(9)4-14-7/h5,7,12H,2-4H2,1H3. The van der Waals surface area contributed by atoms with Gasteiger partial charge in [0.25, 0.3) is 0 Å². The van der Waals surface area contributed by atoms with Crippen LogP contribution in [0.15, 0.2) is 5.16 Å². The minimum Gasteiger partial charge on any atom is -0.465 e. The Balaban J connectivity index is 2.56. The van der Waals surface area contributed by atoms with E-state index in [1.165, 1.54) is 11.8 Å². The number of halogens is 1. The Morgan fingerprint density at radius 2 is 2.57 bits per heavy atom. The normalized spacial score (nSPS) is 29.4. The number of alkyl halides is 1. The zero-order chi connectivity index (χ0) is 10.6. The molecule has 1 fully saturated rings. The summed E-state index contributed by atoms with van der Waals surface area (Å²) in [5, 5.41) is 10.8. The molecule has 80 valence electrons. The molecule has 14 heavy (non-hydrogen) atoms.